The molecule has 1 aliphatic heterocycles. The molecule has 2 aromatic carbocycles. The van der Waals surface area contributed by atoms with Gasteiger partial charge in [0.25, 0.3) is 0 Å². The van der Waals surface area contributed by atoms with E-state index in [-0.39, 0.29) is 11.0 Å². The average Bonchev–Trinajstić information content (AvgIpc) is 3.35. The molecule has 3 heterocycles. The van der Waals surface area contributed by atoms with Crippen molar-refractivity contribution < 1.29 is 27.4 Å². The lowest BCUT2D eigenvalue weighted by atomic mass is 10.1. The highest BCUT2D eigenvalue weighted by Crippen LogP contribution is 2.36. The first-order valence-corrected chi connectivity index (χ1v) is 15.8. The molecule has 1 aliphatic rings. The predicted molar refractivity (Wildman–Crippen MR) is 164 cm³/mol. The van der Waals surface area contributed by atoms with Crippen LogP contribution in [0.1, 0.15) is 18.2 Å². The van der Waals surface area contributed by atoms with Crippen molar-refractivity contribution >= 4 is 33.2 Å². The van der Waals surface area contributed by atoms with Gasteiger partial charge in [0.15, 0.2) is 27.0 Å². The van der Waals surface area contributed by atoms with E-state index in [1.807, 2.05) is 37.3 Å². The average molecular weight is 609 g/mol. The summed E-state index contributed by atoms with van der Waals surface area (Å²) < 4.78 is 42.2. The second-order valence-electron chi connectivity index (χ2n) is 10.2. The van der Waals surface area contributed by atoms with Crippen LogP contribution in [0.25, 0.3) is 16.8 Å². The first-order chi connectivity index (χ1) is 20.6. The third kappa shape index (κ3) is 6.31. The van der Waals surface area contributed by atoms with Crippen molar-refractivity contribution in [2.45, 2.75) is 25.3 Å². The Balaban J connectivity index is 1.55. The maximum atomic E-state index is 12.3. The van der Waals surface area contributed by atoms with Crippen LogP contribution < -0.4 is 19.7 Å². The summed E-state index contributed by atoms with van der Waals surface area (Å²) in [5.41, 5.74) is 3.93. The Labute approximate surface area is 251 Å². The molecule has 13 heteroatoms. The van der Waals surface area contributed by atoms with E-state index in [9.17, 15) is 13.2 Å². The molecule has 2 aromatic heterocycles. The maximum absolute atomic E-state index is 12.3. The zero-order valence-corrected chi connectivity index (χ0v) is 25.8. The number of aryl methyl sites for hydroxylation is 1. The molecule has 0 aliphatic carbocycles. The minimum atomic E-state index is -3.34. The number of sulfone groups is 1. The van der Waals surface area contributed by atoms with Crippen LogP contribution in [0.5, 0.6) is 11.5 Å². The number of carbonyl (C=O) groups excluding carboxylic acids is 1. The normalized spacial score (nSPS) is 13.7. The number of benzene rings is 2. The third-order valence-corrected chi connectivity index (χ3v) is 8.46. The molecule has 1 N–H and O–H groups in total. The lowest BCUT2D eigenvalue weighted by Crippen LogP contribution is -2.49. The van der Waals surface area contributed by atoms with Gasteiger partial charge in [0, 0.05) is 50.6 Å². The summed E-state index contributed by atoms with van der Waals surface area (Å²) in [6.07, 6.45) is 0.883. The molecule has 0 spiro atoms. The number of methoxy groups -OCH3 is 2. The summed E-state index contributed by atoms with van der Waals surface area (Å²) >= 11 is 0. The number of carbonyl (C=O) groups is 1. The number of nitrogens with zero attached hydrogens (tertiary/aromatic N) is 5. The van der Waals surface area contributed by atoms with E-state index in [2.05, 4.69) is 10.2 Å². The molecule has 12 nitrogen and oxygen atoms in total. The highest BCUT2D eigenvalue weighted by molar-refractivity contribution is 7.90. The standard InChI is InChI=1S/C30H36N6O6S/c1-6-42-30(37)35-14-12-34(13-15-35)27-18-26(31-19-21-8-7-9-23(16-21)43(5,38)39)36-29(32-27)28(20(2)33-36)22-10-11-24(40-3)25(17-22)41-4/h7-11,16-18,31H,6,12-15,19H2,1-5H3. The summed E-state index contributed by atoms with van der Waals surface area (Å²) in [7, 11) is -0.151. The Bertz CT molecular complexity index is 1750. The van der Waals surface area contributed by atoms with Crippen molar-refractivity contribution in [2.24, 2.45) is 0 Å². The molecule has 1 fully saturated rings. The Morgan fingerprint density at radius 1 is 1.00 bits per heavy atom. The fourth-order valence-corrected chi connectivity index (χ4v) is 5.83. The summed E-state index contributed by atoms with van der Waals surface area (Å²) in [5.74, 6) is 2.62. The topological polar surface area (TPSA) is 128 Å². The maximum Gasteiger partial charge on any atom is 0.409 e. The number of anilines is 2. The molecule has 0 radical (unpaired) electrons. The van der Waals surface area contributed by atoms with E-state index in [1.165, 1.54) is 6.26 Å². The van der Waals surface area contributed by atoms with Crippen LogP contribution in [0.3, 0.4) is 0 Å². The molecule has 4 aromatic rings. The van der Waals surface area contributed by atoms with Crippen LogP contribution >= 0.6 is 0 Å². The second-order valence-corrected chi connectivity index (χ2v) is 12.2. The molecule has 1 amide bonds. The van der Waals surface area contributed by atoms with Crippen LogP contribution in [0.2, 0.25) is 0 Å². The molecular formula is C30H36N6O6S. The van der Waals surface area contributed by atoms with Crippen LogP contribution in [-0.2, 0) is 21.1 Å². The number of piperazine rings is 1. The van der Waals surface area contributed by atoms with Crippen molar-refractivity contribution in [1.29, 1.82) is 0 Å². The largest absolute Gasteiger partial charge is 0.493 e. The lowest BCUT2D eigenvalue weighted by Gasteiger charge is -2.34. The van der Waals surface area contributed by atoms with E-state index in [1.54, 1.807) is 48.8 Å². The minimum Gasteiger partial charge on any atom is -0.493 e. The second kappa shape index (κ2) is 12.4. The van der Waals surface area contributed by atoms with Crippen molar-refractivity contribution in [3.05, 3.63) is 59.8 Å². The first kappa shape index (κ1) is 30.0. The Morgan fingerprint density at radius 2 is 1.74 bits per heavy atom. The third-order valence-electron chi connectivity index (χ3n) is 7.35. The van der Waals surface area contributed by atoms with Gasteiger partial charge in [-0.1, -0.05) is 18.2 Å². The number of fused-ring (bicyclic) bond motifs is 1. The van der Waals surface area contributed by atoms with Gasteiger partial charge in [-0.05, 0) is 49.2 Å². The molecule has 228 valence electrons. The molecular weight excluding hydrogens is 572 g/mol. The monoisotopic (exact) mass is 608 g/mol. The number of ether oxygens (including phenoxy) is 3. The number of amides is 1. The SMILES string of the molecule is CCOC(=O)N1CCN(c2cc(NCc3cccc(S(C)(=O)=O)c3)n3nc(C)c(-c4ccc(OC)c(OC)c4)c3n2)CC1. The summed E-state index contributed by atoms with van der Waals surface area (Å²) in [4.78, 5) is 21.4. The van der Waals surface area contributed by atoms with Crippen LogP contribution in [0.4, 0.5) is 16.4 Å². The van der Waals surface area contributed by atoms with Gasteiger partial charge in [0.1, 0.15) is 11.6 Å². The fraction of sp³-hybridized carbons (Fsp3) is 0.367. The minimum absolute atomic E-state index is 0.262. The molecule has 0 bridgehead atoms. The number of rotatable bonds is 9. The zero-order valence-electron chi connectivity index (χ0n) is 25.0. The Hall–Kier alpha value is -4.52. The van der Waals surface area contributed by atoms with Gasteiger partial charge >= 0.3 is 6.09 Å². The Morgan fingerprint density at radius 3 is 2.42 bits per heavy atom. The highest BCUT2D eigenvalue weighted by Gasteiger charge is 2.25. The fourth-order valence-electron chi connectivity index (χ4n) is 5.14. The van der Waals surface area contributed by atoms with Crippen molar-refractivity contribution in [3.63, 3.8) is 0 Å². The van der Waals surface area contributed by atoms with Gasteiger partial charge in [-0.15, -0.1) is 0 Å². The highest BCUT2D eigenvalue weighted by atomic mass is 32.2. The van der Waals surface area contributed by atoms with Crippen molar-refractivity contribution in [2.75, 3.05) is 63.5 Å². The molecule has 1 saturated heterocycles. The number of hydrogen-bond donors (Lipinski definition) is 1. The first-order valence-electron chi connectivity index (χ1n) is 13.9. The van der Waals surface area contributed by atoms with Crippen molar-refractivity contribution in [3.8, 4) is 22.6 Å². The summed E-state index contributed by atoms with van der Waals surface area (Å²) in [5, 5.41) is 8.28. The Kier molecular flexibility index (Phi) is 8.62. The van der Waals surface area contributed by atoms with Gasteiger partial charge in [-0.25, -0.2) is 18.2 Å². The molecule has 0 unspecified atom stereocenters. The van der Waals surface area contributed by atoms with E-state index in [4.69, 9.17) is 24.3 Å². The number of aromatic nitrogens is 3. The van der Waals surface area contributed by atoms with Gasteiger partial charge < -0.3 is 29.3 Å². The van der Waals surface area contributed by atoms with Crippen LogP contribution in [0.15, 0.2) is 53.4 Å². The van der Waals surface area contributed by atoms with Gasteiger partial charge in [0.2, 0.25) is 0 Å². The van der Waals surface area contributed by atoms with E-state index >= 15 is 0 Å². The van der Waals surface area contributed by atoms with E-state index in [0.29, 0.717) is 62.3 Å². The zero-order chi connectivity index (χ0) is 30.7. The number of hydrogen-bond acceptors (Lipinski definition) is 10. The predicted octanol–water partition coefficient (Wildman–Crippen LogP) is 4.02. The van der Waals surface area contributed by atoms with Crippen molar-refractivity contribution in [1.82, 2.24) is 19.5 Å². The number of nitrogens with one attached hydrogen (secondary N) is 1. The van der Waals surface area contributed by atoms with E-state index < -0.39 is 9.84 Å². The van der Waals surface area contributed by atoms with Crippen LogP contribution in [0, 0.1) is 6.92 Å². The molecule has 43 heavy (non-hydrogen) atoms. The molecule has 5 rings (SSSR count). The summed E-state index contributed by atoms with van der Waals surface area (Å²) in [6, 6.07) is 14.5. The smallest absolute Gasteiger partial charge is 0.409 e. The lowest BCUT2D eigenvalue weighted by molar-refractivity contribution is 0.105. The molecule has 0 saturated carbocycles. The van der Waals surface area contributed by atoms with E-state index in [0.717, 1.165) is 28.2 Å². The quantitative estimate of drug-likeness (QED) is 0.298. The molecule has 0 atom stereocenters. The summed E-state index contributed by atoms with van der Waals surface area (Å²) in [6.45, 7) is 6.59. The van der Waals surface area contributed by atoms with Gasteiger partial charge in [-0.2, -0.15) is 9.61 Å². The van der Waals surface area contributed by atoms with Crippen LogP contribution in [-0.4, -0.2) is 87.3 Å². The van der Waals surface area contributed by atoms with Gasteiger partial charge in [0.05, 0.1) is 31.4 Å². The van der Waals surface area contributed by atoms with Gasteiger partial charge in [-0.3, -0.25) is 0 Å².